The van der Waals surface area contributed by atoms with E-state index in [0.29, 0.717) is 33.6 Å². The van der Waals surface area contributed by atoms with E-state index in [0.717, 1.165) is 0 Å². The van der Waals surface area contributed by atoms with Crippen LogP contribution in [0.25, 0.3) is 11.0 Å². The molecular formula is C22H22N2O6S. The Bertz CT molecular complexity index is 1130. The summed E-state index contributed by atoms with van der Waals surface area (Å²) >= 11 is 5.54. The van der Waals surface area contributed by atoms with Crippen LogP contribution in [0.1, 0.15) is 35.0 Å². The highest BCUT2D eigenvalue weighted by molar-refractivity contribution is 7.80. The fourth-order valence-corrected chi connectivity index (χ4v) is 3.28. The van der Waals surface area contributed by atoms with E-state index in [1.165, 1.54) is 26.4 Å². The van der Waals surface area contributed by atoms with E-state index in [2.05, 4.69) is 16.5 Å². The molecule has 162 valence electrons. The van der Waals surface area contributed by atoms with Gasteiger partial charge in [0.05, 0.1) is 20.3 Å². The van der Waals surface area contributed by atoms with Crippen molar-refractivity contribution < 1.29 is 28.2 Å². The first-order valence-electron chi connectivity index (χ1n) is 9.45. The van der Waals surface area contributed by atoms with E-state index in [4.69, 9.17) is 35.6 Å². The quantitative estimate of drug-likeness (QED) is 0.200. The predicted molar refractivity (Wildman–Crippen MR) is 119 cm³/mol. The average Bonchev–Trinajstić information content (AvgIpc) is 3.12. The van der Waals surface area contributed by atoms with Crippen molar-refractivity contribution in [3.8, 4) is 23.5 Å². The Balaban J connectivity index is 2.22. The van der Waals surface area contributed by atoms with Crippen LogP contribution in [0, 0.1) is 6.92 Å². The van der Waals surface area contributed by atoms with Crippen LogP contribution in [0.5, 0.6) is 23.5 Å². The van der Waals surface area contributed by atoms with Crippen LogP contribution in [0.15, 0.2) is 35.3 Å². The van der Waals surface area contributed by atoms with Crippen molar-refractivity contribution in [2.45, 2.75) is 20.3 Å². The lowest BCUT2D eigenvalue weighted by Gasteiger charge is -2.12. The number of methoxy groups -OCH3 is 2. The number of carbonyl (C=O) groups excluding carboxylic acids is 1. The third-order valence-corrected chi connectivity index (χ3v) is 4.90. The van der Waals surface area contributed by atoms with Crippen LogP contribution in [0.3, 0.4) is 0 Å². The zero-order valence-corrected chi connectivity index (χ0v) is 18.5. The van der Waals surface area contributed by atoms with Gasteiger partial charge in [-0.05, 0) is 25.5 Å². The number of rotatable bonds is 9. The summed E-state index contributed by atoms with van der Waals surface area (Å²) in [5.74, 6) is 0.654. The zero-order valence-electron chi connectivity index (χ0n) is 17.7. The molecular weight excluding hydrogens is 420 g/mol. The SMILES string of the molecule is C=CCOC(=O)c1c(Oc2nc(OC)cc(OC)n2)ccc2oc(C)c(C(=S)CC)c12. The average molecular weight is 442 g/mol. The highest BCUT2D eigenvalue weighted by Crippen LogP contribution is 2.37. The molecule has 0 aliphatic carbocycles. The van der Waals surface area contributed by atoms with Gasteiger partial charge in [-0.3, -0.25) is 0 Å². The van der Waals surface area contributed by atoms with Crippen molar-refractivity contribution in [2.24, 2.45) is 0 Å². The van der Waals surface area contributed by atoms with Crippen LogP contribution >= 0.6 is 12.2 Å². The Morgan fingerprint density at radius 3 is 2.45 bits per heavy atom. The molecule has 0 saturated carbocycles. The van der Waals surface area contributed by atoms with Crippen molar-refractivity contribution in [1.82, 2.24) is 9.97 Å². The van der Waals surface area contributed by atoms with Crippen molar-refractivity contribution in [3.63, 3.8) is 0 Å². The number of ether oxygens (including phenoxy) is 4. The van der Waals surface area contributed by atoms with Gasteiger partial charge in [-0.15, -0.1) is 0 Å². The fourth-order valence-electron chi connectivity index (χ4n) is 3.03. The van der Waals surface area contributed by atoms with Gasteiger partial charge in [0.1, 0.15) is 29.3 Å². The maximum atomic E-state index is 13.0. The van der Waals surface area contributed by atoms with Gasteiger partial charge in [0, 0.05) is 15.8 Å². The molecule has 0 radical (unpaired) electrons. The minimum atomic E-state index is -0.615. The third kappa shape index (κ3) is 4.51. The minimum absolute atomic E-state index is 0.0303. The Kier molecular flexibility index (Phi) is 6.86. The van der Waals surface area contributed by atoms with Gasteiger partial charge in [-0.25, -0.2) is 4.79 Å². The molecule has 0 aliphatic heterocycles. The molecule has 8 nitrogen and oxygen atoms in total. The molecule has 9 heteroatoms. The van der Waals surface area contributed by atoms with Crippen LogP contribution in [-0.2, 0) is 4.74 Å². The summed E-state index contributed by atoms with van der Waals surface area (Å²) in [4.78, 5) is 22.0. The van der Waals surface area contributed by atoms with Crippen LogP contribution in [0.2, 0.25) is 0 Å². The van der Waals surface area contributed by atoms with Gasteiger partial charge in [0.15, 0.2) is 0 Å². The molecule has 0 atom stereocenters. The number of aromatic nitrogens is 2. The van der Waals surface area contributed by atoms with Gasteiger partial charge in [-0.2, -0.15) is 9.97 Å². The van der Waals surface area contributed by atoms with Crippen molar-refractivity contribution in [2.75, 3.05) is 20.8 Å². The van der Waals surface area contributed by atoms with E-state index in [-0.39, 0.29) is 35.7 Å². The molecule has 0 saturated heterocycles. The van der Waals surface area contributed by atoms with E-state index in [1.54, 1.807) is 19.1 Å². The smallest absolute Gasteiger partial charge is 0.343 e. The molecule has 0 fully saturated rings. The van der Waals surface area contributed by atoms with Crippen LogP contribution in [-0.4, -0.2) is 41.6 Å². The van der Waals surface area contributed by atoms with Gasteiger partial charge >= 0.3 is 12.0 Å². The summed E-state index contributed by atoms with van der Waals surface area (Å²) in [6.45, 7) is 7.35. The normalized spacial score (nSPS) is 10.6. The van der Waals surface area contributed by atoms with Crippen molar-refractivity contribution >= 4 is 34.0 Å². The van der Waals surface area contributed by atoms with E-state index in [1.807, 2.05) is 6.92 Å². The Morgan fingerprint density at radius 2 is 1.87 bits per heavy atom. The second-order valence-electron chi connectivity index (χ2n) is 6.35. The first-order valence-corrected chi connectivity index (χ1v) is 9.86. The maximum absolute atomic E-state index is 13.0. The van der Waals surface area contributed by atoms with Gasteiger partial charge in [0.25, 0.3) is 0 Å². The van der Waals surface area contributed by atoms with Crippen molar-refractivity contribution in [3.05, 3.63) is 47.7 Å². The summed E-state index contributed by atoms with van der Waals surface area (Å²) in [5.41, 5.74) is 1.32. The molecule has 0 bridgehead atoms. The highest BCUT2D eigenvalue weighted by Gasteiger charge is 2.26. The topological polar surface area (TPSA) is 92.9 Å². The van der Waals surface area contributed by atoms with Gasteiger partial charge < -0.3 is 23.4 Å². The molecule has 2 heterocycles. The van der Waals surface area contributed by atoms with Crippen LogP contribution in [0.4, 0.5) is 0 Å². The Labute approximate surface area is 184 Å². The first kappa shape index (κ1) is 22.2. The third-order valence-electron chi connectivity index (χ3n) is 4.41. The summed E-state index contributed by atoms with van der Waals surface area (Å²) < 4.78 is 27.4. The lowest BCUT2D eigenvalue weighted by atomic mass is 10.0. The first-order chi connectivity index (χ1) is 14.9. The molecule has 1 aromatic carbocycles. The number of furan rings is 1. The molecule has 3 rings (SSSR count). The second kappa shape index (κ2) is 9.57. The largest absolute Gasteiger partial charge is 0.481 e. The Hall–Kier alpha value is -3.46. The summed E-state index contributed by atoms with van der Waals surface area (Å²) in [5, 5.41) is 0.519. The maximum Gasteiger partial charge on any atom is 0.343 e. The number of aryl methyl sites for hydroxylation is 1. The lowest BCUT2D eigenvalue weighted by molar-refractivity contribution is 0.0549. The van der Waals surface area contributed by atoms with Crippen LogP contribution < -0.4 is 14.2 Å². The van der Waals surface area contributed by atoms with Gasteiger partial charge in [-0.1, -0.05) is 31.8 Å². The van der Waals surface area contributed by atoms with Gasteiger partial charge in [0.2, 0.25) is 11.8 Å². The number of carbonyl (C=O) groups is 1. The number of nitrogens with zero attached hydrogens (tertiary/aromatic N) is 2. The number of esters is 1. The molecule has 0 amide bonds. The molecule has 31 heavy (non-hydrogen) atoms. The summed E-state index contributed by atoms with van der Waals surface area (Å²) in [6, 6.07) is 4.73. The lowest BCUT2D eigenvalue weighted by Crippen LogP contribution is -2.10. The number of fused-ring (bicyclic) bond motifs is 1. The number of benzene rings is 1. The fraction of sp³-hybridized carbons (Fsp3) is 0.273. The number of hydrogen-bond acceptors (Lipinski definition) is 9. The van der Waals surface area contributed by atoms with E-state index >= 15 is 0 Å². The standard InChI is InChI=1S/C22H22N2O6S/c1-6-10-28-21(25)20-14(30-22-23-16(26-4)11-17(24-22)27-5)9-8-13-19(20)18(12(3)29-13)15(31)7-2/h6,8-9,11H,1,7,10H2,2-5H3. The molecule has 3 aromatic rings. The molecule has 0 spiro atoms. The van der Waals surface area contributed by atoms with E-state index in [9.17, 15) is 4.79 Å². The second-order valence-corrected chi connectivity index (χ2v) is 6.84. The molecule has 2 aromatic heterocycles. The summed E-state index contributed by atoms with van der Waals surface area (Å²) in [7, 11) is 2.92. The molecule has 0 unspecified atom stereocenters. The number of thiocarbonyl (C=S) groups is 1. The molecule has 0 aliphatic rings. The predicted octanol–water partition coefficient (Wildman–Crippen LogP) is 4.81. The zero-order chi connectivity index (χ0) is 22.5. The number of hydrogen-bond donors (Lipinski definition) is 0. The monoisotopic (exact) mass is 442 g/mol. The summed E-state index contributed by atoms with van der Waals surface area (Å²) in [6.07, 6.45) is 2.08. The Morgan fingerprint density at radius 1 is 1.19 bits per heavy atom. The highest BCUT2D eigenvalue weighted by atomic mass is 32.1. The van der Waals surface area contributed by atoms with E-state index < -0.39 is 5.97 Å². The van der Waals surface area contributed by atoms with Crippen molar-refractivity contribution in [1.29, 1.82) is 0 Å². The molecule has 0 N–H and O–H groups in total. The minimum Gasteiger partial charge on any atom is -0.481 e.